The molecule has 3 aromatic heterocycles. The van der Waals surface area contributed by atoms with Crippen LogP contribution < -0.4 is 0 Å². The molecule has 0 aliphatic heterocycles. The van der Waals surface area contributed by atoms with Crippen molar-refractivity contribution in [3.8, 4) is 40.0 Å². The topological polar surface area (TPSA) is 109 Å². The lowest BCUT2D eigenvalue weighted by molar-refractivity contribution is -0.206. The van der Waals surface area contributed by atoms with Crippen molar-refractivity contribution < 1.29 is 22.7 Å². The number of carbonyl (C=O) groups is 1. The Labute approximate surface area is 178 Å². The molecule has 0 saturated carbocycles. The number of benzene rings is 1. The number of ether oxygens (including phenoxy) is 1. The maximum atomic E-state index is 12.4. The molecule has 8 nitrogen and oxygen atoms in total. The van der Waals surface area contributed by atoms with Gasteiger partial charge in [-0.25, -0.2) is 14.5 Å². The van der Waals surface area contributed by atoms with Crippen molar-refractivity contribution in [1.82, 2.24) is 24.7 Å². The van der Waals surface area contributed by atoms with E-state index < -0.39 is 18.4 Å². The molecule has 4 aromatic rings. The van der Waals surface area contributed by atoms with E-state index >= 15 is 0 Å². The van der Waals surface area contributed by atoms with Gasteiger partial charge in [0.2, 0.25) is 0 Å². The molecule has 160 valence electrons. The van der Waals surface area contributed by atoms with E-state index in [0.717, 1.165) is 15.9 Å². The monoisotopic (exact) mass is 438 g/mol. The van der Waals surface area contributed by atoms with E-state index in [1.807, 2.05) is 30.3 Å². The SMILES string of the molecule is N#CC(OC(=O)C(F)(F)F)n1cc(-c2ccnc(-c3ncc(-c4ccccc4)[nH]3)c2)cn1. The van der Waals surface area contributed by atoms with Gasteiger partial charge in [0.15, 0.2) is 5.82 Å². The first kappa shape index (κ1) is 20.8. The van der Waals surface area contributed by atoms with Gasteiger partial charge in [-0.2, -0.15) is 23.5 Å². The van der Waals surface area contributed by atoms with Gasteiger partial charge in [0.05, 0.1) is 18.1 Å². The molecule has 4 rings (SSSR count). The molecular weight excluding hydrogens is 425 g/mol. The average molecular weight is 438 g/mol. The van der Waals surface area contributed by atoms with Crippen LogP contribution in [-0.4, -0.2) is 36.9 Å². The summed E-state index contributed by atoms with van der Waals surface area (Å²) in [5, 5.41) is 12.9. The number of aromatic amines is 1. The molecule has 3 heterocycles. The van der Waals surface area contributed by atoms with E-state index in [1.165, 1.54) is 24.7 Å². The highest BCUT2D eigenvalue weighted by Crippen LogP contribution is 2.26. The van der Waals surface area contributed by atoms with Crippen LogP contribution in [0.4, 0.5) is 13.2 Å². The van der Waals surface area contributed by atoms with Crippen LogP contribution in [0, 0.1) is 11.3 Å². The van der Waals surface area contributed by atoms with Crippen molar-refractivity contribution in [2.75, 3.05) is 0 Å². The van der Waals surface area contributed by atoms with E-state index in [0.29, 0.717) is 22.6 Å². The van der Waals surface area contributed by atoms with Crippen LogP contribution in [-0.2, 0) is 9.53 Å². The number of nitriles is 1. The molecule has 1 N–H and O–H groups in total. The molecule has 0 aliphatic rings. The fourth-order valence-corrected chi connectivity index (χ4v) is 2.88. The third-order valence-electron chi connectivity index (χ3n) is 4.40. The largest absolute Gasteiger partial charge is 0.491 e. The number of hydrogen-bond acceptors (Lipinski definition) is 6. The van der Waals surface area contributed by atoms with Crippen molar-refractivity contribution in [2.45, 2.75) is 12.4 Å². The number of rotatable bonds is 5. The zero-order valence-corrected chi connectivity index (χ0v) is 16.1. The number of hydrogen-bond donors (Lipinski definition) is 1. The van der Waals surface area contributed by atoms with Crippen LogP contribution in [0.1, 0.15) is 6.23 Å². The average Bonchev–Trinajstić information content (AvgIpc) is 3.48. The number of pyridine rings is 1. The second-order valence-electron chi connectivity index (χ2n) is 6.53. The molecule has 1 aromatic carbocycles. The Hall–Kier alpha value is -4.46. The van der Waals surface area contributed by atoms with E-state index in [4.69, 9.17) is 5.26 Å². The summed E-state index contributed by atoms with van der Waals surface area (Å²) in [5.41, 5.74) is 3.39. The van der Waals surface area contributed by atoms with E-state index in [-0.39, 0.29) is 0 Å². The first-order valence-electron chi connectivity index (χ1n) is 9.14. The molecule has 0 spiro atoms. The Balaban J connectivity index is 1.57. The van der Waals surface area contributed by atoms with Crippen LogP contribution in [0.3, 0.4) is 0 Å². The lowest BCUT2D eigenvalue weighted by Crippen LogP contribution is -2.28. The minimum absolute atomic E-state index is 0.479. The van der Waals surface area contributed by atoms with Gasteiger partial charge in [-0.15, -0.1) is 0 Å². The fraction of sp³-hybridized carbons (Fsp3) is 0.0952. The molecule has 11 heteroatoms. The molecule has 0 fully saturated rings. The van der Waals surface area contributed by atoms with E-state index in [9.17, 15) is 18.0 Å². The normalized spacial score (nSPS) is 12.2. The lowest BCUT2D eigenvalue weighted by atomic mass is 10.1. The number of halogens is 3. The van der Waals surface area contributed by atoms with Crippen LogP contribution in [0.5, 0.6) is 0 Å². The Morgan fingerprint density at radius 1 is 1.09 bits per heavy atom. The number of aromatic nitrogens is 5. The Bertz CT molecular complexity index is 1290. The lowest BCUT2D eigenvalue weighted by Gasteiger charge is -2.12. The van der Waals surface area contributed by atoms with Crippen LogP contribution in [0.2, 0.25) is 0 Å². The Kier molecular flexibility index (Phi) is 5.43. The number of H-pyrrole nitrogens is 1. The number of carbonyl (C=O) groups excluding carboxylic acids is 1. The molecular formula is C21H13F3N6O2. The number of esters is 1. The first-order chi connectivity index (χ1) is 15.3. The van der Waals surface area contributed by atoms with Crippen molar-refractivity contribution in [3.05, 3.63) is 67.3 Å². The molecule has 1 atom stereocenters. The third kappa shape index (κ3) is 4.34. The summed E-state index contributed by atoms with van der Waals surface area (Å²) < 4.78 is 42.3. The van der Waals surface area contributed by atoms with Gasteiger partial charge in [0, 0.05) is 18.0 Å². The smallest absolute Gasteiger partial charge is 0.419 e. The number of nitrogens with one attached hydrogen (secondary N) is 1. The van der Waals surface area contributed by atoms with Crippen LogP contribution in [0.25, 0.3) is 33.9 Å². The minimum atomic E-state index is -5.22. The highest BCUT2D eigenvalue weighted by Gasteiger charge is 2.42. The van der Waals surface area contributed by atoms with Crippen molar-refractivity contribution in [1.29, 1.82) is 5.26 Å². The predicted octanol–water partition coefficient (Wildman–Crippen LogP) is 4.13. The highest BCUT2D eigenvalue weighted by molar-refractivity contribution is 5.76. The van der Waals surface area contributed by atoms with Gasteiger partial charge in [-0.1, -0.05) is 30.3 Å². The maximum absolute atomic E-state index is 12.4. The molecule has 32 heavy (non-hydrogen) atoms. The van der Waals surface area contributed by atoms with Gasteiger partial charge in [0.1, 0.15) is 11.8 Å². The Morgan fingerprint density at radius 3 is 2.59 bits per heavy atom. The molecule has 0 bridgehead atoms. The number of imidazole rings is 1. The first-order valence-corrected chi connectivity index (χ1v) is 9.14. The van der Waals surface area contributed by atoms with Gasteiger partial charge in [-0.3, -0.25) is 4.98 Å². The van der Waals surface area contributed by atoms with Gasteiger partial charge in [0.25, 0.3) is 6.23 Å². The molecule has 0 saturated heterocycles. The summed E-state index contributed by atoms with van der Waals surface area (Å²) in [7, 11) is 0. The Morgan fingerprint density at radius 2 is 1.88 bits per heavy atom. The molecule has 1 unspecified atom stereocenters. The minimum Gasteiger partial charge on any atom is -0.419 e. The molecule has 0 amide bonds. The van der Waals surface area contributed by atoms with E-state index in [1.54, 1.807) is 18.3 Å². The summed E-state index contributed by atoms with van der Waals surface area (Å²) >= 11 is 0. The summed E-state index contributed by atoms with van der Waals surface area (Å²) in [4.78, 5) is 22.9. The quantitative estimate of drug-likeness (QED) is 0.469. The summed E-state index contributed by atoms with van der Waals surface area (Å²) in [6, 6.07) is 14.4. The van der Waals surface area contributed by atoms with Crippen molar-refractivity contribution in [2.24, 2.45) is 0 Å². The van der Waals surface area contributed by atoms with Gasteiger partial charge >= 0.3 is 12.1 Å². The van der Waals surface area contributed by atoms with Crippen LogP contribution in [0.15, 0.2) is 67.3 Å². The van der Waals surface area contributed by atoms with Crippen molar-refractivity contribution >= 4 is 5.97 Å². The summed E-state index contributed by atoms with van der Waals surface area (Å²) in [6.45, 7) is 0. The van der Waals surface area contributed by atoms with Crippen LogP contribution >= 0.6 is 0 Å². The summed E-state index contributed by atoms with van der Waals surface area (Å²) in [5.74, 6) is -1.95. The van der Waals surface area contributed by atoms with E-state index in [2.05, 4.69) is 24.8 Å². The second kappa shape index (κ2) is 8.35. The highest BCUT2D eigenvalue weighted by atomic mass is 19.4. The predicted molar refractivity (Wildman–Crippen MR) is 105 cm³/mol. The molecule has 0 aliphatic carbocycles. The molecule has 0 radical (unpaired) electrons. The zero-order valence-electron chi connectivity index (χ0n) is 16.1. The number of alkyl halides is 3. The third-order valence-corrected chi connectivity index (χ3v) is 4.40. The number of nitrogens with zero attached hydrogens (tertiary/aromatic N) is 5. The van der Waals surface area contributed by atoms with Crippen molar-refractivity contribution in [3.63, 3.8) is 0 Å². The van der Waals surface area contributed by atoms with Gasteiger partial charge in [-0.05, 0) is 23.3 Å². The van der Waals surface area contributed by atoms with Gasteiger partial charge < -0.3 is 9.72 Å². The second-order valence-corrected chi connectivity index (χ2v) is 6.53. The fourth-order valence-electron chi connectivity index (χ4n) is 2.88. The standard InChI is InChI=1S/C21H13F3N6O2/c22-21(23,24)20(31)32-18(9-25)30-12-15(10-28-30)14-6-7-26-16(8-14)19-27-11-17(29-19)13-4-2-1-3-5-13/h1-8,10-12,18H,(H,27,29). The zero-order chi connectivity index (χ0) is 22.7. The summed E-state index contributed by atoms with van der Waals surface area (Å²) in [6.07, 6.45) is -1.22. The maximum Gasteiger partial charge on any atom is 0.491 e.